The third-order valence-corrected chi connectivity index (χ3v) is 3.90. The quantitative estimate of drug-likeness (QED) is 0.676. The van der Waals surface area contributed by atoms with E-state index in [1.165, 1.54) is 0 Å². The summed E-state index contributed by atoms with van der Waals surface area (Å²) in [6.45, 7) is 5.81. The summed E-state index contributed by atoms with van der Waals surface area (Å²) in [5.74, 6) is 1.02. The molecule has 2 aromatic carbocycles. The Kier molecular flexibility index (Phi) is 5.58. The highest BCUT2D eigenvalue weighted by Gasteiger charge is 2.08. The SMILES string of the molecule is COc1ccc(/C(C)=N/NC(=O)c2ccc(C)c(C)c2)cc1OC. The van der Waals surface area contributed by atoms with E-state index in [4.69, 9.17) is 9.47 Å². The number of hydrogen-bond acceptors (Lipinski definition) is 4. The maximum absolute atomic E-state index is 12.2. The van der Waals surface area contributed by atoms with Gasteiger partial charge in [-0.1, -0.05) is 6.07 Å². The number of carbonyl (C=O) groups excluding carboxylic acids is 1. The number of ether oxygens (including phenoxy) is 2. The number of aryl methyl sites for hydroxylation is 2. The van der Waals surface area contributed by atoms with Gasteiger partial charge < -0.3 is 9.47 Å². The van der Waals surface area contributed by atoms with Gasteiger partial charge in [0.25, 0.3) is 5.91 Å². The number of amides is 1. The van der Waals surface area contributed by atoms with Crippen LogP contribution in [0.25, 0.3) is 0 Å². The van der Waals surface area contributed by atoms with Crippen LogP contribution < -0.4 is 14.9 Å². The van der Waals surface area contributed by atoms with Crippen LogP contribution in [0.1, 0.15) is 34.0 Å². The second kappa shape index (κ2) is 7.64. The number of methoxy groups -OCH3 is 2. The van der Waals surface area contributed by atoms with Crippen molar-refractivity contribution in [2.75, 3.05) is 14.2 Å². The molecule has 0 radical (unpaired) electrons. The van der Waals surface area contributed by atoms with Gasteiger partial charge in [0.05, 0.1) is 19.9 Å². The summed E-state index contributed by atoms with van der Waals surface area (Å²) < 4.78 is 10.5. The van der Waals surface area contributed by atoms with Gasteiger partial charge >= 0.3 is 0 Å². The molecule has 2 rings (SSSR count). The molecule has 0 unspecified atom stereocenters. The summed E-state index contributed by atoms with van der Waals surface area (Å²) >= 11 is 0. The smallest absolute Gasteiger partial charge is 0.271 e. The first-order chi connectivity index (χ1) is 11.5. The highest BCUT2D eigenvalue weighted by molar-refractivity contribution is 6.01. The summed E-state index contributed by atoms with van der Waals surface area (Å²) in [4.78, 5) is 12.2. The lowest BCUT2D eigenvalue weighted by Crippen LogP contribution is -2.19. The summed E-state index contributed by atoms with van der Waals surface area (Å²) in [7, 11) is 3.16. The Morgan fingerprint density at radius 1 is 0.917 bits per heavy atom. The second-order valence-electron chi connectivity index (χ2n) is 5.51. The van der Waals surface area contributed by atoms with Gasteiger partial charge in [-0.3, -0.25) is 4.79 Å². The Morgan fingerprint density at radius 3 is 2.21 bits per heavy atom. The van der Waals surface area contributed by atoms with Crippen LogP contribution in [-0.2, 0) is 0 Å². The fourth-order valence-electron chi connectivity index (χ4n) is 2.21. The van der Waals surface area contributed by atoms with E-state index in [-0.39, 0.29) is 5.91 Å². The van der Waals surface area contributed by atoms with Gasteiger partial charge in [-0.15, -0.1) is 0 Å². The first-order valence-electron chi connectivity index (χ1n) is 7.60. The number of nitrogens with one attached hydrogen (secondary N) is 1. The van der Waals surface area contributed by atoms with Crippen molar-refractivity contribution in [1.82, 2.24) is 5.43 Å². The minimum Gasteiger partial charge on any atom is -0.493 e. The van der Waals surface area contributed by atoms with Gasteiger partial charge in [-0.2, -0.15) is 5.10 Å². The van der Waals surface area contributed by atoms with E-state index in [1.807, 2.05) is 45.0 Å². The van der Waals surface area contributed by atoms with Crippen LogP contribution in [0.3, 0.4) is 0 Å². The van der Waals surface area contributed by atoms with E-state index < -0.39 is 0 Å². The van der Waals surface area contributed by atoms with Crippen molar-refractivity contribution in [1.29, 1.82) is 0 Å². The van der Waals surface area contributed by atoms with E-state index >= 15 is 0 Å². The fraction of sp³-hybridized carbons (Fsp3) is 0.263. The highest BCUT2D eigenvalue weighted by atomic mass is 16.5. The maximum atomic E-state index is 12.2. The van der Waals surface area contributed by atoms with E-state index in [0.717, 1.165) is 16.7 Å². The van der Waals surface area contributed by atoms with Crippen LogP contribution in [0.2, 0.25) is 0 Å². The van der Waals surface area contributed by atoms with Crippen molar-refractivity contribution < 1.29 is 14.3 Å². The number of hydrazone groups is 1. The molecule has 0 saturated carbocycles. The van der Waals surface area contributed by atoms with E-state index in [0.29, 0.717) is 22.8 Å². The zero-order valence-corrected chi connectivity index (χ0v) is 14.6. The monoisotopic (exact) mass is 326 g/mol. The van der Waals surface area contributed by atoms with Crippen molar-refractivity contribution in [3.05, 3.63) is 58.7 Å². The Bertz CT molecular complexity index is 782. The summed E-state index contributed by atoms with van der Waals surface area (Å²) in [5.41, 5.74) is 6.91. The molecule has 0 spiro atoms. The first-order valence-corrected chi connectivity index (χ1v) is 7.60. The normalized spacial score (nSPS) is 11.1. The molecular formula is C19H22N2O3. The average molecular weight is 326 g/mol. The average Bonchev–Trinajstić information content (AvgIpc) is 2.60. The third-order valence-electron chi connectivity index (χ3n) is 3.90. The number of carbonyl (C=O) groups is 1. The molecule has 2 aromatic rings. The van der Waals surface area contributed by atoms with Crippen LogP contribution in [0.4, 0.5) is 0 Å². The molecule has 0 bridgehead atoms. The molecule has 0 atom stereocenters. The number of hydrogen-bond donors (Lipinski definition) is 1. The van der Waals surface area contributed by atoms with E-state index in [9.17, 15) is 4.79 Å². The lowest BCUT2D eigenvalue weighted by Gasteiger charge is -2.09. The van der Waals surface area contributed by atoms with Crippen molar-refractivity contribution in [3.63, 3.8) is 0 Å². The Morgan fingerprint density at radius 2 is 1.58 bits per heavy atom. The first kappa shape index (κ1) is 17.5. The standard InChI is InChI=1S/C19H22N2O3/c1-12-6-7-16(10-13(12)2)19(22)21-20-14(3)15-8-9-17(23-4)18(11-15)24-5/h6-11H,1-5H3,(H,21,22)/b20-14+. The summed E-state index contributed by atoms with van der Waals surface area (Å²) in [6.07, 6.45) is 0. The molecule has 1 N–H and O–H groups in total. The number of rotatable bonds is 5. The summed E-state index contributed by atoms with van der Waals surface area (Å²) in [5, 5.41) is 4.17. The van der Waals surface area contributed by atoms with Gasteiger partial charge in [0.15, 0.2) is 11.5 Å². The molecule has 0 aliphatic heterocycles. The third kappa shape index (κ3) is 3.93. The maximum Gasteiger partial charge on any atom is 0.271 e. The highest BCUT2D eigenvalue weighted by Crippen LogP contribution is 2.27. The van der Waals surface area contributed by atoms with E-state index in [1.54, 1.807) is 26.4 Å². The molecule has 0 saturated heterocycles. The zero-order chi connectivity index (χ0) is 17.7. The zero-order valence-electron chi connectivity index (χ0n) is 14.6. The predicted molar refractivity (Wildman–Crippen MR) is 95.1 cm³/mol. The second-order valence-corrected chi connectivity index (χ2v) is 5.51. The van der Waals surface area contributed by atoms with Crippen LogP contribution >= 0.6 is 0 Å². The molecule has 1 amide bonds. The van der Waals surface area contributed by atoms with Gasteiger partial charge in [-0.25, -0.2) is 5.43 Å². The van der Waals surface area contributed by atoms with Crippen molar-refractivity contribution in [2.24, 2.45) is 5.10 Å². The molecule has 0 fully saturated rings. The van der Waals surface area contributed by atoms with Gasteiger partial charge in [0.1, 0.15) is 0 Å². The van der Waals surface area contributed by atoms with Crippen molar-refractivity contribution >= 4 is 11.6 Å². The lowest BCUT2D eigenvalue weighted by atomic mass is 10.1. The predicted octanol–water partition coefficient (Wildman–Crippen LogP) is 3.47. The molecule has 0 aliphatic rings. The summed E-state index contributed by atoms with van der Waals surface area (Å²) in [6, 6.07) is 11.1. The number of nitrogens with zero attached hydrogens (tertiary/aromatic N) is 1. The molecule has 0 aliphatic carbocycles. The van der Waals surface area contributed by atoms with Crippen molar-refractivity contribution in [2.45, 2.75) is 20.8 Å². The van der Waals surface area contributed by atoms with Gasteiger partial charge in [0, 0.05) is 11.1 Å². The van der Waals surface area contributed by atoms with Crippen LogP contribution in [0.5, 0.6) is 11.5 Å². The van der Waals surface area contributed by atoms with E-state index in [2.05, 4.69) is 10.5 Å². The Hall–Kier alpha value is -2.82. The topological polar surface area (TPSA) is 59.9 Å². The minimum absolute atomic E-state index is 0.238. The number of benzene rings is 2. The molecule has 5 nitrogen and oxygen atoms in total. The molecule has 0 aromatic heterocycles. The molecule has 5 heteroatoms. The fourth-order valence-corrected chi connectivity index (χ4v) is 2.21. The van der Waals surface area contributed by atoms with Gasteiger partial charge in [-0.05, 0) is 62.2 Å². The molecule has 126 valence electrons. The van der Waals surface area contributed by atoms with Crippen LogP contribution in [-0.4, -0.2) is 25.8 Å². The largest absolute Gasteiger partial charge is 0.493 e. The van der Waals surface area contributed by atoms with Crippen molar-refractivity contribution in [3.8, 4) is 11.5 Å². The Balaban J connectivity index is 2.16. The van der Waals surface area contributed by atoms with Crippen LogP contribution in [0, 0.1) is 13.8 Å². The molecule has 24 heavy (non-hydrogen) atoms. The van der Waals surface area contributed by atoms with Gasteiger partial charge in [0.2, 0.25) is 0 Å². The lowest BCUT2D eigenvalue weighted by molar-refractivity contribution is 0.0954. The molecule has 0 heterocycles. The van der Waals surface area contributed by atoms with Crippen LogP contribution in [0.15, 0.2) is 41.5 Å². The Labute approximate surface area is 142 Å². The molecular weight excluding hydrogens is 304 g/mol. The minimum atomic E-state index is -0.238.